The summed E-state index contributed by atoms with van der Waals surface area (Å²) in [6.45, 7) is 1.74. The van der Waals surface area contributed by atoms with Gasteiger partial charge in [-0.25, -0.2) is 8.42 Å². The molecule has 1 heterocycles. The summed E-state index contributed by atoms with van der Waals surface area (Å²) in [5.41, 5.74) is 7.12. The number of benzene rings is 1. The Morgan fingerprint density at radius 1 is 1.32 bits per heavy atom. The second kappa shape index (κ2) is 5.09. The molecule has 0 bridgehead atoms. The molecular weight excluding hydrogens is 268 g/mol. The summed E-state index contributed by atoms with van der Waals surface area (Å²) in [5.74, 6) is 0. The van der Waals surface area contributed by atoms with E-state index in [0.717, 1.165) is 16.3 Å². The number of anilines is 1. The van der Waals surface area contributed by atoms with Crippen LogP contribution in [0.4, 0.5) is 5.69 Å². The van der Waals surface area contributed by atoms with Crippen molar-refractivity contribution in [2.24, 2.45) is 0 Å². The predicted octanol–water partition coefficient (Wildman–Crippen LogP) is -0.443. The average Bonchev–Trinajstić information content (AvgIpc) is 2.70. The maximum absolute atomic E-state index is 12.3. The van der Waals surface area contributed by atoms with Crippen molar-refractivity contribution in [1.82, 2.24) is 4.31 Å². The van der Waals surface area contributed by atoms with Gasteiger partial charge in [0, 0.05) is 18.8 Å². The molecule has 1 aliphatic rings. The lowest BCUT2D eigenvalue weighted by Gasteiger charge is -2.16. The predicted molar refractivity (Wildman–Crippen MR) is 71.0 cm³/mol. The number of hydrogen-bond donors (Lipinski definition) is 3. The number of aliphatic hydroxyl groups excluding tert-OH is 2. The summed E-state index contributed by atoms with van der Waals surface area (Å²) < 4.78 is 25.7. The van der Waals surface area contributed by atoms with E-state index in [1.54, 1.807) is 6.07 Å². The molecule has 0 radical (unpaired) electrons. The van der Waals surface area contributed by atoms with Crippen molar-refractivity contribution in [3.05, 3.63) is 23.8 Å². The van der Waals surface area contributed by atoms with E-state index in [1.807, 2.05) is 6.92 Å². The number of aryl methyl sites for hydroxylation is 1. The van der Waals surface area contributed by atoms with E-state index < -0.39 is 22.2 Å². The van der Waals surface area contributed by atoms with Crippen LogP contribution in [0.2, 0.25) is 0 Å². The second-order valence-corrected chi connectivity index (χ2v) is 6.61. The van der Waals surface area contributed by atoms with Crippen LogP contribution in [-0.4, -0.2) is 48.2 Å². The number of β-amino-alcohol motifs (C(OH)–C–C–N with tert-alkyl or cyclic N) is 2. The molecule has 1 fully saturated rings. The molecule has 2 unspecified atom stereocenters. The first kappa shape index (κ1) is 14.3. The van der Waals surface area contributed by atoms with E-state index in [1.165, 1.54) is 12.1 Å². The van der Waals surface area contributed by atoms with Gasteiger partial charge in [-0.05, 0) is 24.1 Å². The molecule has 2 rings (SSSR count). The number of hydrogen-bond acceptors (Lipinski definition) is 5. The maximum Gasteiger partial charge on any atom is 0.243 e. The van der Waals surface area contributed by atoms with Gasteiger partial charge in [-0.2, -0.15) is 4.31 Å². The zero-order valence-electron chi connectivity index (χ0n) is 10.7. The van der Waals surface area contributed by atoms with Gasteiger partial charge >= 0.3 is 0 Å². The highest BCUT2D eigenvalue weighted by molar-refractivity contribution is 7.89. The normalized spacial score (nSPS) is 24.8. The quantitative estimate of drug-likeness (QED) is 0.653. The highest BCUT2D eigenvalue weighted by atomic mass is 32.2. The first-order chi connectivity index (χ1) is 8.86. The molecule has 1 aromatic carbocycles. The van der Waals surface area contributed by atoms with Gasteiger partial charge in [0.1, 0.15) is 0 Å². The second-order valence-electron chi connectivity index (χ2n) is 4.67. The Bertz CT molecular complexity index is 563. The number of nitrogens with two attached hydrogens (primary N) is 1. The Balaban J connectivity index is 2.33. The van der Waals surface area contributed by atoms with Crippen molar-refractivity contribution in [3.63, 3.8) is 0 Å². The van der Waals surface area contributed by atoms with Crippen LogP contribution in [0.1, 0.15) is 12.5 Å². The molecule has 0 spiro atoms. The Morgan fingerprint density at radius 3 is 2.37 bits per heavy atom. The van der Waals surface area contributed by atoms with Gasteiger partial charge < -0.3 is 15.9 Å². The fraction of sp³-hybridized carbons (Fsp3) is 0.500. The van der Waals surface area contributed by atoms with Crippen LogP contribution >= 0.6 is 0 Å². The lowest BCUT2D eigenvalue weighted by Crippen LogP contribution is -2.30. The molecule has 0 saturated carbocycles. The first-order valence-electron chi connectivity index (χ1n) is 6.11. The third kappa shape index (κ3) is 2.59. The zero-order valence-corrected chi connectivity index (χ0v) is 11.5. The lowest BCUT2D eigenvalue weighted by molar-refractivity contribution is 0.0572. The summed E-state index contributed by atoms with van der Waals surface area (Å²) in [4.78, 5) is 0.0866. The van der Waals surface area contributed by atoms with Crippen LogP contribution in [0.25, 0.3) is 0 Å². The SMILES string of the molecule is CCc1ccc(S(=O)(=O)N2CC(O)C(O)C2)cc1N. The molecule has 106 valence electrons. The van der Waals surface area contributed by atoms with E-state index in [-0.39, 0.29) is 18.0 Å². The van der Waals surface area contributed by atoms with Crippen LogP contribution in [0, 0.1) is 0 Å². The Labute approximate surface area is 112 Å². The highest BCUT2D eigenvalue weighted by Gasteiger charge is 2.37. The van der Waals surface area contributed by atoms with Crippen molar-refractivity contribution in [1.29, 1.82) is 0 Å². The number of aliphatic hydroxyl groups is 2. The minimum atomic E-state index is -3.72. The summed E-state index contributed by atoms with van der Waals surface area (Å²) in [6.07, 6.45) is -1.35. The van der Waals surface area contributed by atoms with Crippen LogP contribution < -0.4 is 5.73 Å². The van der Waals surface area contributed by atoms with Crippen LogP contribution in [0.3, 0.4) is 0 Å². The van der Waals surface area contributed by atoms with Gasteiger partial charge in [0.15, 0.2) is 0 Å². The number of sulfonamides is 1. The van der Waals surface area contributed by atoms with E-state index in [0.29, 0.717) is 5.69 Å². The van der Waals surface area contributed by atoms with Crippen molar-refractivity contribution in [2.75, 3.05) is 18.8 Å². The van der Waals surface area contributed by atoms with E-state index in [4.69, 9.17) is 5.73 Å². The molecule has 19 heavy (non-hydrogen) atoms. The first-order valence-corrected chi connectivity index (χ1v) is 7.55. The molecule has 0 amide bonds. The highest BCUT2D eigenvalue weighted by Crippen LogP contribution is 2.24. The van der Waals surface area contributed by atoms with Crippen LogP contribution in [0.5, 0.6) is 0 Å². The van der Waals surface area contributed by atoms with Gasteiger partial charge in [-0.3, -0.25) is 0 Å². The van der Waals surface area contributed by atoms with Gasteiger partial charge in [0.25, 0.3) is 0 Å². The van der Waals surface area contributed by atoms with E-state index in [2.05, 4.69) is 0 Å². The number of nitrogens with zero attached hydrogens (tertiary/aromatic N) is 1. The summed E-state index contributed by atoms with van der Waals surface area (Å²) >= 11 is 0. The van der Waals surface area contributed by atoms with E-state index >= 15 is 0 Å². The Kier molecular flexibility index (Phi) is 3.82. The maximum atomic E-state index is 12.3. The molecule has 6 nitrogen and oxygen atoms in total. The fourth-order valence-electron chi connectivity index (χ4n) is 2.14. The van der Waals surface area contributed by atoms with Gasteiger partial charge in [-0.15, -0.1) is 0 Å². The van der Waals surface area contributed by atoms with Crippen molar-refractivity contribution in [2.45, 2.75) is 30.4 Å². The molecule has 0 aromatic heterocycles. The third-order valence-corrected chi connectivity index (χ3v) is 5.19. The molecule has 7 heteroatoms. The average molecular weight is 286 g/mol. The van der Waals surface area contributed by atoms with Gasteiger partial charge in [0.2, 0.25) is 10.0 Å². The van der Waals surface area contributed by atoms with Gasteiger partial charge in [0.05, 0.1) is 17.1 Å². The Morgan fingerprint density at radius 2 is 1.89 bits per heavy atom. The van der Waals surface area contributed by atoms with Crippen LogP contribution in [-0.2, 0) is 16.4 Å². The monoisotopic (exact) mass is 286 g/mol. The molecule has 0 aliphatic carbocycles. The minimum Gasteiger partial charge on any atom is -0.398 e. The molecule has 1 saturated heterocycles. The molecular formula is C12H18N2O4S. The summed E-state index contributed by atoms with van der Waals surface area (Å²) in [6, 6.07) is 4.61. The standard InChI is InChI=1S/C12H18N2O4S/c1-2-8-3-4-9(5-10(8)13)19(17,18)14-6-11(15)12(16)7-14/h3-5,11-12,15-16H,2,6-7,13H2,1H3. The van der Waals surface area contributed by atoms with Crippen LogP contribution in [0.15, 0.2) is 23.1 Å². The van der Waals surface area contributed by atoms with Gasteiger partial charge in [-0.1, -0.05) is 13.0 Å². The lowest BCUT2D eigenvalue weighted by atomic mass is 10.1. The third-order valence-electron chi connectivity index (χ3n) is 3.36. The fourth-order valence-corrected chi connectivity index (χ4v) is 3.65. The van der Waals surface area contributed by atoms with Crippen molar-refractivity contribution >= 4 is 15.7 Å². The van der Waals surface area contributed by atoms with Crippen molar-refractivity contribution < 1.29 is 18.6 Å². The molecule has 4 N–H and O–H groups in total. The minimum absolute atomic E-state index is 0.0866. The number of rotatable bonds is 3. The van der Waals surface area contributed by atoms with Crippen molar-refractivity contribution in [3.8, 4) is 0 Å². The zero-order chi connectivity index (χ0) is 14.2. The number of nitrogen functional groups attached to an aromatic ring is 1. The smallest absolute Gasteiger partial charge is 0.243 e. The topological polar surface area (TPSA) is 104 Å². The summed E-state index contributed by atoms with van der Waals surface area (Å²) in [7, 11) is -3.72. The van der Waals surface area contributed by atoms with E-state index in [9.17, 15) is 18.6 Å². The Hall–Kier alpha value is -1.15. The molecule has 1 aromatic rings. The molecule has 2 atom stereocenters. The molecule has 1 aliphatic heterocycles. The summed E-state index contributed by atoms with van der Waals surface area (Å²) in [5, 5.41) is 18.9. The largest absolute Gasteiger partial charge is 0.398 e.